The molecule has 0 fully saturated rings. The number of rotatable bonds is 7. The zero-order chi connectivity index (χ0) is 21.8. The highest BCUT2D eigenvalue weighted by atomic mass is 15.3. The molecule has 3 rings (SSSR count). The van der Waals surface area contributed by atoms with Gasteiger partial charge in [0.25, 0.3) is 0 Å². The zero-order valence-corrected chi connectivity index (χ0v) is 19.6. The minimum absolute atomic E-state index is 0.427. The predicted molar refractivity (Wildman–Crippen MR) is 131 cm³/mol. The van der Waals surface area contributed by atoms with Crippen molar-refractivity contribution in [3.63, 3.8) is 0 Å². The van der Waals surface area contributed by atoms with Crippen LogP contribution in [-0.2, 0) is 0 Å². The first-order chi connectivity index (χ1) is 14.3. The number of nitrogens with zero attached hydrogens (tertiary/aromatic N) is 1. The molecule has 0 aliphatic heterocycles. The molecule has 0 saturated carbocycles. The van der Waals surface area contributed by atoms with Crippen LogP contribution in [0.3, 0.4) is 0 Å². The number of benzene rings is 2. The Balaban J connectivity index is 2.01. The molecule has 30 heavy (non-hydrogen) atoms. The van der Waals surface area contributed by atoms with Crippen LogP contribution in [0.15, 0.2) is 76.4 Å². The standard InChI is InChI=1S/C28H36N2/c1-18(2)24-14-11-15-25(19(3)4)28(24)30-29-27(23-12-9-8-10-13-23)17-26-21(6)16-20(5)22(26)7/h8-16,18-19,26,30H,17H2,1-7H3. The third-order valence-electron chi connectivity index (χ3n) is 6.32. The van der Waals surface area contributed by atoms with Crippen molar-refractivity contribution >= 4 is 11.4 Å². The topological polar surface area (TPSA) is 24.4 Å². The van der Waals surface area contributed by atoms with Gasteiger partial charge in [0.1, 0.15) is 0 Å². The van der Waals surface area contributed by atoms with Crippen LogP contribution in [0.2, 0.25) is 0 Å². The Morgan fingerprint density at radius 3 is 1.97 bits per heavy atom. The molecule has 158 valence electrons. The highest BCUT2D eigenvalue weighted by Gasteiger charge is 2.23. The van der Waals surface area contributed by atoms with Crippen molar-refractivity contribution in [1.82, 2.24) is 0 Å². The maximum atomic E-state index is 5.02. The van der Waals surface area contributed by atoms with Crippen LogP contribution in [0.5, 0.6) is 0 Å². The van der Waals surface area contributed by atoms with Gasteiger partial charge in [-0.2, -0.15) is 5.10 Å². The van der Waals surface area contributed by atoms with Crippen LogP contribution < -0.4 is 5.43 Å². The predicted octanol–water partition coefficient (Wildman–Crippen LogP) is 8.05. The van der Waals surface area contributed by atoms with Gasteiger partial charge in [-0.3, -0.25) is 5.43 Å². The Hall–Kier alpha value is -2.61. The number of allylic oxidation sites excluding steroid dienone is 4. The van der Waals surface area contributed by atoms with E-state index < -0.39 is 0 Å². The van der Waals surface area contributed by atoms with Gasteiger partial charge in [0.15, 0.2) is 0 Å². The van der Waals surface area contributed by atoms with Crippen molar-refractivity contribution in [3.05, 3.63) is 88.0 Å². The number of nitrogens with one attached hydrogen (secondary N) is 1. The van der Waals surface area contributed by atoms with E-state index in [1.165, 1.54) is 33.4 Å². The van der Waals surface area contributed by atoms with Gasteiger partial charge in [-0.05, 0) is 49.3 Å². The highest BCUT2D eigenvalue weighted by molar-refractivity contribution is 6.01. The summed E-state index contributed by atoms with van der Waals surface area (Å²) in [5, 5.41) is 5.02. The molecule has 0 amide bonds. The summed E-state index contributed by atoms with van der Waals surface area (Å²) in [6.07, 6.45) is 3.23. The number of anilines is 1. The van der Waals surface area contributed by atoms with Gasteiger partial charge in [0.2, 0.25) is 0 Å². The lowest BCUT2D eigenvalue weighted by Gasteiger charge is -2.21. The molecule has 0 aromatic heterocycles. The fourth-order valence-corrected chi connectivity index (χ4v) is 4.34. The third kappa shape index (κ3) is 4.75. The number of para-hydroxylation sites is 1. The second kappa shape index (κ2) is 9.47. The summed E-state index contributed by atoms with van der Waals surface area (Å²) in [5.41, 5.74) is 13.9. The molecule has 2 aromatic rings. The summed E-state index contributed by atoms with van der Waals surface area (Å²) < 4.78 is 0. The zero-order valence-electron chi connectivity index (χ0n) is 19.6. The van der Waals surface area contributed by atoms with E-state index in [-0.39, 0.29) is 0 Å². The molecule has 1 aliphatic carbocycles. The van der Waals surface area contributed by atoms with Gasteiger partial charge in [-0.1, -0.05) is 99.0 Å². The van der Waals surface area contributed by atoms with E-state index in [4.69, 9.17) is 5.10 Å². The van der Waals surface area contributed by atoms with Gasteiger partial charge in [-0.15, -0.1) is 0 Å². The Kier molecular flexibility index (Phi) is 6.97. The summed E-state index contributed by atoms with van der Waals surface area (Å²) in [5.74, 6) is 1.31. The van der Waals surface area contributed by atoms with Crippen molar-refractivity contribution in [2.75, 3.05) is 5.43 Å². The van der Waals surface area contributed by atoms with Crippen LogP contribution in [0.25, 0.3) is 0 Å². The molecule has 0 bridgehead atoms. The van der Waals surface area contributed by atoms with Crippen LogP contribution in [0.1, 0.15) is 83.4 Å². The Bertz CT molecular complexity index is 949. The van der Waals surface area contributed by atoms with Crippen molar-refractivity contribution in [2.45, 2.75) is 66.7 Å². The second-order valence-corrected chi connectivity index (χ2v) is 9.17. The minimum atomic E-state index is 0.427. The maximum Gasteiger partial charge on any atom is 0.0688 e. The quantitative estimate of drug-likeness (QED) is 0.369. The molecule has 0 heterocycles. The van der Waals surface area contributed by atoms with Crippen LogP contribution >= 0.6 is 0 Å². The molecule has 2 heteroatoms. The van der Waals surface area contributed by atoms with E-state index >= 15 is 0 Å². The second-order valence-electron chi connectivity index (χ2n) is 9.17. The maximum absolute atomic E-state index is 5.02. The molecule has 1 unspecified atom stereocenters. The molecule has 2 aromatic carbocycles. The summed E-state index contributed by atoms with van der Waals surface area (Å²) in [6, 6.07) is 17.2. The third-order valence-corrected chi connectivity index (χ3v) is 6.32. The number of hydrazone groups is 1. The normalized spacial score (nSPS) is 17.2. The summed E-state index contributed by atoms with van der Waals surface area (Å²) in [6.45, 7) is 15.7. The fourth-order valence-electron chi connectivity index (χ4n) is 4.34. The smallest absolute Gasteiger partial charge is 0.0688 e. The summed E-state index contributed by atoms with van der Waals surface area (Å²) >= 11 is 0. The lowest BCUT2D eigenvalue weighted by Crippen LogP contribution is -2.13. The molecule has 0 saturated heterocycles. The van der Waals surface area contributed by atoms with E-state index in [9.17, 15) is 0 Å². The van der Waals surface area contributed by atoms with Crippen LogP contribution in [0.4, 0.5) is 5.69 Å². The monoisotopic (exact) mass is 400 g/mol. The lowest BCUT2D eigenvalue weighted by molar-refractivity contribution is 0.759. The van der Waals surface area contributed by atoms with Gasteiger partial charge in [-0.25, -0.2) is 0 Å². The average molecular weight is 401 g/mol. The molecule has 0 spiro atoms. The minimum Gasteiger partial charge on any atom is -0.278 e. The summed E-state index contributed by atoms with van der Waals surface area (Å²) in [4.78, 5) is 0. The highest BCUT2D eigenvalue weighted by Crippen LogP contribution is 2.35. The Morgan fingerprint density at radius 2 is 1.47 bits per heavy atom. The van der Waals surface area contributed by atoms with Crippen LogP contribution in [0, 0.1) is 5.92 Å². The number of hydrogen-bond donors (Lipinski definition) is 1. The molecular formula is C28H36N2. The first-order valence-electron chi connectivity index (χ1n) is 11.2. The van der Waals surface area contributed by atoms with E-state index in [0.29, 0.717) is 17.8 Å². The van der Waals surface area contributed by atoms with Crippen molar-refractivity contribution in [2.24, 2.45) is 11.0 Å². The molecular weight excluding hydrogens is 364 g/mol. The van der Waals surface area contributed by atoms with E-state index in [1.807, 2.05) is 0 Å². The Morgan fingerprint density at radius 1 is 0.867 bits per heavy atom. The first-order valence-corrected chi connectivity index (χ1v) is 11.2. The van der Waals surface area contributed by atoms with Crippen molar-refractivity contribution in [1.29, 1.82) is 0 Å². The molecule has 1 aliphatic rings. The van der Waals surface area contributed by atoms with Gasteiger partial charge in [0, 0.05) is 12.3 Å². The molecule has 0 radical (unpaired) electrons. The van der Waals surface area contributed by atoms with E-state index in [2.05, 4.69) is 108 Å². The van der Waals surface area contributed by atoms with Gasteiger partial charge in [0.05, 0.1) is 11.4 Å². The van der Waals surface area contributed by atoms with Crippen LogP contribution in [-0.4, -0.2) is 5.71 Å². The van der Waals surface area contributed by atoms with Gasteiger partial charge >= 0.3 is 0 Å². The van der Waals surface area contributed by atoms with Gasteiger partial charge < -0.3 is 0 Å². The largest absolute Gasteiger partial charge is 0.278 e. The first kappa shape index (κ1) is 22.1. The van der Waals surface area contributed by atoms with E-state index in [0.717, 1.165) is 17.8 Å². The SMILES string of the molecule is CC1=CC(C)=C(C)C1CC(=NNc1c(C(C)C)cccc1C(C)C)c1ccccc1. The van der Waals surface area contributed by atoms with E-state index in [1.54, 1.807) is 0 Å². The Labute approximate surface area is 182 Å². The fraction of sp³-hybridized carbons (Fsp3) is 0.393. The number of hydrogen-bond acceptors (Lipinski definition) is 2. The van der Waals surface area contributed by atoms with Crippen molar-refractivity contribution < 1.29 is 0 Å². The molecule has 1 atom stereocenters. The average Bonchev–Trinajstić information content (AvgIpc) is 2.96. The molecule has 2 nitrogen and oxygen atoms in total. The molecule has 1 N–H and O–H groups in total. The lowest BCUT2D eigenvalue weighted by atomic mass is 9.89. The summed E-state index contributed by atoms with van der Waals surface area (Å²) in [7, 11) is 0. The van der Waals surface area contributed by atoms with Crippen molar-refractivity contribution in [3.8, 4) is 0 Å².